The Hall–Kier alpha value is -3.56. The van der Waals surface area contributed by atoms with Crippen LogP contribution in [0.25, 0.3) is 0 Å². The number of aromatic amines is 2. The number of rotatable bonds is 5. The fourth-order valence-corrected chi connectivity index (χ4v) is 2.19. The van der Waals surface area contributed by atoms with Gasteiger partial charge in [-0.1, -0.05) is 30.3 Å². The van der Waals surface area contributed by atoms with Gasteiger partial charge in [0.05, 0.1) is 5.56 Å². The fourth-order valence-electron chi connectivity index (χ4n) is 2.19. The van der Waals surface area contributed by atoms with Crippen molar-refractivity contribution in [3.8, 4) is 0 Å². The zero-order chi connectivity index (χ0) is 16.9. The third-order valence-corrected chi connectivity index (χ3v) is 3.34. The number of carbonyl (C=O) groups excluding carboxylic acids is 1. The molecule has 24 heavy (non-hydrogen) atoms. The summed E-state index contributed by atoms with van der Waals surface area (Å²) in [6.07, 6.45) is 2.60. The fraction of sp³-hybridized carbons (Fsp3) is 0.143. The molecule has 0 saturated heterocycles. The molecular weight excluding hydrogens is 314 g/mol. The molecule has 0 aliphatic carbocycles. The highest BCUT2D eigenvalue weighted by Gasteiger charge is 2.23. The third-order valence-electron chi connectivity index (χ3n) is 3.34. The van der Waals surface area contributed by atoms with Gasteiger partial charge in [0.15, 0.2) is 6.04 Å². The standard InChI is InChI=1S/C14H13N7O3/c22-12-10(7-16-14(24)18-12)6-15-13(23)11(21-8-17-19-20-21)9-4-2-1-3-5-9/h1-5,7-8,11H,6H2,(H,15,23)(H2,16,18,22,24)/t11-/m1/s1. The molecule has 3 aromatic rings. The van der Waals surface area contributed by atoms with E-state index in [1.165, 1.54) is 17.2 Å². The molecule has 0 saturated carbocycles. The Kier molecular flexibility index (Phi) is 4.27. The molecule has 122 valence electrons. The van der Waals surface area contributed by atoms with E-state index in [2.05, 4.69) is 30.8 Å². The van der Waals surface area contributed by atoms with Crippen LogP contribution in [0.1, 0.15) is 17.2 Å². The Labute approximate surface area is 134 Å². The molecule has 2 aromatic heterocycles. The number of tetrazole rings is 1. The predicted molar refractivity (Wildman–Crippen MR) is 81.9 cm³/mol. The van der Waals surface area contributed by atoms with Gasteiger partial charge in [-0.15, -0.1) is 5.10 Å². The molecule has 0 aliphatic heterocycles. The molecular formula is C14H13N7O3. The molecule has 0 unspecified atom stereocenters. The van der Waals surface area contributed by atoms with Crippen molar-refractivity contribution < 1.29 is 4.79 Å². The maximum Gasteiger partial charge on any atom is 0.325 e. The van der Waals surface area contributed by atoms with E-state index < -0.39 is 17.3 Å². The molecule has 3 N–H and O–H groups in total. The second-order valence-corrected chi connectivity index (χ2v) is 4.92. The molecule has 0 aliphatic rings. The number of hydrogen-bond acceptors (Lipinski definition) is 6. The predicted octanol–water partition coefficient (Wildman–Crippen LogP) is -1.04. The van der Waals surface area contributed by atoms with Crippen LogP contribution in [0.2, 0.25) is 0 Å². The van der Waals surface area contributed by atoms with Gasteiger partial charge in [0.2, 0.25) is 5.91 Å². The lowest BCUT2D eigenvalue weighted by Crippen LogP contribution is -2.35. The van der Waals surface area contributed by atoms with Crippen molar-refractivity contribution in [3.63, 3.8) is 0 Å². The zero-order valence-electron chi connectivity index (χ0n) is 12.3. The summed E-state index contributed by atoms with van der Waals surface area (Å²) in [4.78, 5) is 39.7. The number of carbonyl (C=O) groups is 1. The SMILES string of the molecule is O=C(NCc1c[nH]c(=O)[nH]c1=O)[C@@H](c1ccccc1)n1cnnn1. The molecule has 0 fully saturated rings. The van der Waals surface area contributed by atoms with Crippen molar-refractivity contribution >= 4 is 5.91 Å². The normalized spacial score (nSPS) is 11.8. The smallest absolute Gasteiger partial charge is 0.325 e. The van der Waals surface area contributed by atoms with Crippen LogP contribution in [0.5, 0.6) is 0 Å². The summed E-state index contributed by atoms with van der Waals surface area (Å²) >= 11 is 0. The van der Waals surface area contributed by atoms with Gasteiger partial charge in [-0.25, -0.2) is 9.48 Å². The van der Waals surface area contributed by atoms with Crippen LogP contribution >= 0.6 is 0 Å². The van der Waals surface area contributed by atoms with Crippen molar-refractivity contribution in [2.45, 2.75) is 12.6 Å². The minimum atomic E-state index is -0.775. The second kappa shape index (κ2) is 6.69. The largest absolute Gasteiger partial charge is 0.350 e. The van der Waals surface area contributed by atoms with E-state index in [-0.39, 0.29) is 18.0 Å². The average molecular weight is 327 g/mol. The molecule has 3 rings (SSSR count). The minimum Gasteiger partial charge on any atom is -0.350 e. The van der Waals surface area contributed by atoms with E-state index in [9.17, 15) is 14.4 Å². The highest BCUT2D eigenvalue weighted by molar-refractivity contribution is 5.83. The Morgan fingerprint density at radius 3 is 2.71 bits per heavy atom. The van der Waals surface area contributed by atoms with Gasteiger partial charge in [-0.2, -0.15) is 0 Å². The first-order valence-electron chi connectivity index (χ1n) is 7.01. The van der Waals surface area contributed by atoms with Crippen molar-refractivity contribution in [2.24, 2.45) is 0 Å². The summed E-state index contributed by atoms with van der Waals surface area (Å²) in [5.41, 5.74) is -0.243. The Bertz CT molecular complexity index is 931. The van der Waals surface area contributed by atoms with Crippen LogP contribution in [0, 0.1) is 0 Å². The molecule has 10 nitrogen and oxygen atoms in total. The van der Waals surface area contributed by atoms with Gasteiger partial charge in [0.25, 0.3) is 5.56 Å². The maximum absolute atomic E-state index is 12.6. The first kappa shape index (κ1) is 15.3. The van der Waals surface area contributed by atoms with Crippen LogP contribution in [0.4, 0.5) is 0 Å². The van der Waals surface area contributed by atoms with Crippen LogP contribution < -0.4 is 16.6 Å². The van der Waals surface area contributed by atoms with E-state index in [4.69, 9.17) is 0 Å². The summed E-state index contributed by atoms with van der Waals surface area (Å²) < 4.78 is 1.32. The van der Waals surface area contributed by atoms with Crippen molar-refractivity contribution in [1.29, 1.82) is 0 Å². The topological polar surface area (TPSA) is 138 Å². The van der Waals surface area contributed by atoms with E-state index >= 15 is 0 Å². The zero-order valence-corrected chi connectivity index (χ0v) is 12.3. The summed E-state index contributed by atoms with van der Waals surface area (Å²) in [7, 11) is 0. The number of nitrogens with zero attached hydrogens (tertiary/aromatic N) is 4. The van der Waals surface area contributed by atoms with Crippen molar-refractivity contribution in [3.05, 3.63) is 74.8 Å². The molecule has 0 spiro atoms. The van der Waals surface area contributed by atoms with Crippen LogP contribution in [0.15, 0.2) is 52.4 Å². The number of benzene rings is 1. The molecule has 0 bridgehead atoms. The lowest BCUT2D eigenvalue weighted by molar-refractivity contribution is -0.123. The van der Waals surface area contributed by atoms with Gasteiger partial charge < -0.3 is 10.3 Å². The monoisotopic (exact) mass is 327 g/mol. The Morgan fingerprint density at radius 2 is 2.04 bits per heavy atom. The number of hydrogen-bond donors (Lipinski definition) is 3. The Morgan fingerprint density at radius 1 is 1.25 bits per heavy atom. The molecule has 10 heteroatoms. The molecule has 0 radical (unpaired) electrons. The summed E-state index contributed by atoms with van der Waals surface area (Å²) in [5.74, 6) is -0.390. The van der Waals surface area contributed by atoms with Gasteiger partial charge in [-0.05, 0) is 16.0 Å². The summed E-state index contributed by atoms with van der Waals surface area (Å²) in [5, 5.41) is 13.5. The first-order valence-corrected chi connectivity index (χ1v) is 7.01. The van der Waals surface area contributed by atoms with E-state index in [1.807, 2.05) is 6.07 Å². The lowest BCUT2D eigenvalue weighted by Gasteiger charge is -2.16. The van der Waals surface area contributed by atoms with E-state index in [1.54, 1.807) is 24.3 Å². The van der Waals surface area contributed by atoms with E-state index in [0.29, 0.717) is 5.56 Å². The van der Waals surface area contributed by atoms with Gasteiger partial charge in [0, 0.05) is 12.7 Å². The molecule has 2 heterocycles. The highest BCUT2D eigenvalue weighted by Crippen LogP contribution is 2.16. The molecule has 1 aromatic carbocycles. The molecule has 1 atom stereocenters. The van der Waals surface area contributed by atoms with Gasteiger partial charge in [-0.3, -0.25) is 14.6 Å². The summed E-state index contributed by atoms with van der Waals surface area (Å²) in [6.45, 7) is -0.0452. The van der Waals surface area contributed by atoms with Gasteiger partial charge >= 0.3 is 5.69 Å². The van der Waals surface area contributed by atoms with Crippen LogP contribution in [-0.4, -0.2) is 36.1 Å². The lowest BCUT2D eigenvalue weighted by atomic mass is 10.1. The maximum atomic E-state index is 12.6. The van der Waals surface area contributed by atoms with Crippen LogP contribution in [0.3, 0.4) is 0 Å². The third kappa shape index (κ3) is 3.27. The summed E-state index contributed by atoms with van der Waals surface area (Å²) in [6, 6.07) is 8.21. The van der Waals surface area contributed by atoms with Crippen LogP contribution in [-0.2, 0) is 11.3 Å². The number of H-pyrrole nitrogens is 2. The second-order valence-electron chi connectivity index (χ2n) is 4.92. The number of aromatic nitrogens is 6. The van der Waals surface area contributed by atoms with Crippen molar-refractivity contribution in [2.75, 3.05) is 0 Å². The molecule has 1 amide bonds. The number of nitrogens with one attached hydrogen (secondary N) is 3. The highest BCUT2D eigenvalue weighted by atomic mass is 16.2. The average Bonchev–Trinajstić information content (AvgIpc) is 3.09. The minimum absolute atomic E-state index is 0.0452. The number of amides is 1. The van der Waals surface area contributed by atoms with Crippen molar-refractivity contribution in [1.82, 2.24) is 35.5 Å². The van der Waals surface area contributed by atoms with Gasteiger partial charge in [0.1, 0.15) is 6.33 Å². The first-order chi connectivity index (χ1) is 11.6. The Balaban J connectivity index is 1.82. The quantitative estimate of drug-likeness (QED) is 0.547. The van der Waals surface area contributed by atoms with E-state index in [0.717, 1.165) is 0 Å².